The van der Waals surface area contributed by atoms with Crippen LogP contribution in [-0.2, 0) is 16.6 Å². The molecule has 6 rings (SSSR count). The van der Waals surface area contributed by atoms with E-state index in [2.05, 4.69) is 42.5 Å². The molecular weight excluding hydrogens is 328 g/mol. The number of rotatable bonds is 1. The smallest absolute Gasteiger partial charge is 0.144 e. The standard InChI is InChI=1S/C26H28O/c27-25-12-10-20-14-19-7-4-8-22(18-5-2-1-3-6-18)23(19)15-24(20)26(25)16-17-9-11-21(26)13-17/h4,7-9,11,14-15,17-18,21H,1-3,5-6,10,12-13,16H2. The molecule has 0 radical (unpaired) electrons. The number of hydrogen-bond donors (Lipinski definition) is 0. The van der Waals surface area contributed by atoms with Crippen LogP contribution in [0.5, 0.6) is 0 Å². The Bertz CT molecular complexity index is 962. The van der Waals surface area contributed by atoms with Crippen LogP contribution in [0.2, 0.25) is 0 Å². The van der Waals surface area contributed by atoms with Crippen LogP contribution in [0, 0.1) is 11.8 Å². The molecule has 4 aliphatic rings. The van der Waals surface area contributed by atoms with Gasteiger partial charge in [0.25, 0.3) is 0 Å². The molecule has 1 spiro atoms. The Morgan fingerprint density at radius 1 is 0.963 bits per heavy atom. The van der Waals surface area contributed by atoms with Gasteiger partial charge in [0.15, 0.2) is 0 Å². The van der Waals surface area contributed by atoms with Crippen LogP contribution in [0.25, 0.3) is 10.8 Å². The van der Waals surface area contributed by atoms with Crippen molar-refractivity contribution in [2.24, 2.45) is 11.8 Å². The molecule has 0 heterocycles. The maximum Gasteiger partial charge on any atom is 0.144 e. The Balaban J connectivity index is 1.56. The summed E-state index contributed by atoms with van der Waals surface area (Å²) in [4.78, 5) is 13.3. The van der Waals surface area contributed by atoms with Crippen molar-refractivity contribution in [2.75, 3.05) is 0 Å². The van der Waals surface area contributed by atoms with Gasteiger partial charge >= 0.3 is 0 Å². The van der Waals surface area contributed by atoms with Crippen molar-refractivity contribution in [2.45, 2.75) is 69.1 Å². The lowest BCUT2D eigenvalue weighted by atomic mass is 9.61. The summed E-state index contributed by atoms with van der Waals surface area (Å²) < 4.78 is 0. The van der Waals surface area contributed by atoms with Crippen molar-refractivity contribution in [3.63, 3.8) is 0 Å². The highest BCUT2D eigenvalue weighted by atomic mass is 16.1. The topological polar surface area (TPSA) is 17.1 Å². The summed E-state index contributed by atoms with van der Waals surface area (Å²) >= 11 is 0. The highest BCUT2D eigenvalue weighted by Gasteiger charge is 2.55. The average Bonchev–Trinajstić information content (AvgIpc) is 3.32. The van der Waals surface area contributed by atoms with Crippen molar-refractivity contribution in [1.29, 1.82) is 0 Å². The molecule has 3 unspecified atom stereocenters. The molecule has 3 atom stereocenters. The number of ketones is 1. The van der Waals surface area contributed by atoms with Crippen molar-refractivity contribution in [3.8, 4) is 0 Å². The molecule has 2 saturated carbocycles. The summed E-state index contributed by atoms with van der Waals surface area (Å²) in [6.07, 6.45) is 15.4. The molecule has 0 saturated heterocycles. The van der Waals surface area contributed by atoms with Gasteiger partial charge < -0.3 is 0 Å². The molecule has 1 nitrogen and oxygen atoms in total. The van der Waals surface area contributed by atoms with Crippen LogP contribution in [0.3, 0.4) is 0 Å². The fraction of sp³-hybridized carbons (Fsp3) is 0.500. The first-order valence-electron chi connectivity index (χ1n) is 11.0. The van der Waals surface area contributed by atoms with Gasteiger partial charge in [0.2, 0.25) is 0 Å². The lowest BCUT2D eigenvalue weighted by molar-refractivity contribution is -0.126. The molecule has 138 valence electrons. The maximum absolute atomic E-state index is 13.3. The number of allylic oxidation sites excluding steroid dienone is 2. The molecule has 0 aromatic heterocycles. The number of hydrogen-bond acceptors (Lipinski definition) is 1. The van der Waals surface area contributed by atoms with Crippen LogP contribution >= 0.6 is 0 Å². The number of aryl methyl sites for hydroxylation is 1. The first-order chi connectivity index (χ1) is 13.3. The van der Waals surface area contributed by atoms with Gasteiger partial charge in [-0.1, -0.05) is 55.7 Å². The predicted molar refractivity (Wildman–Crippen MR) is 110 cm³/mol. The third kappa shape index (κ3) is 2.21. The lowest BCUT2D eigenvalue weighted by Crippen LogP contribution is -2.43. The summed E-state index contributed by atoms with van der Waals surface area (Å²) in [5, 5.41) is 2.82. The summed E-state index contributed by atoms with van der Waals surface area (Å²) in [6, 6.07) is 11.8. The molecule has 4 aliphatic carbocycles. The number of Topliss-reactive ketones (excluding diaryl/α,β-unsaturated/α-hetero) is 1. The molecule has 0 aliphatic heterocycles. The zero-order valence-corrected chi connectivity index (χ0v) is 16.0. The minimum absolute atomic E-state index is 0.207. The van der Waals surface area contributed by atoms with E-state index in [1.165, 1.54) is 60.4 Å². The summed E-state index contributed by atoms with van der Waals surface area (Å²) in [6.45, 7) is 0. The Labute approximate surface area is 161 Å². The van der Waals surface area contributed by atoms with Gasteiger partial charge in [0.05, 0.1) is 5.41 Å². The Morgan fingerprint density at radius 3 is 2.63 bits per heavy atom. The second kappa shape index (κ2) is 5.80. The van der Waals surface area contributed by atoms with E-state index in [0.29, 0.717) is 23.5 Å². The third-order valence-corrected chi connectivity index (χ3v) is 8.17. The SMILES string of the molecule is O=C1CCc2cc3cccc(C4CCCCC4)c3cc2C12CC1C=CC2C1. The highest BCUT2D eigenvalue weighted by Crippen LogP contribution is 2.57. The molecule has 27 heavy (non-hydrogen) atoms. The molecule has 0 N–H and O–H groups in total. The number of carbonyl (C=O) groups is 1. The number of benzene rings is 2. The maximum atomic E-state index is 13.3. The second-order valence-electron chi connectivity index (χ2n) is 9.50. The van der Waals surface area contributed by atoms with Crippen LogP contribution in [0.15, 0.2) is 42.5 Å². The number of fused-ring (bicyclic) bond motifs is 6. The summed E-state index contributed by atoms with van der Waals surface area (Å²) in [7, 11) is 0. The lowest BCUT2D eigenvalue weighted by Gasteiger charge is -2.40. The zero-order chi connectivity index (χ0) is 18.0. The summed E-state index contributed by atoms with van der Waals surface area (Å²) in [5.41, 5.74) is 4.18. The van der Waals surface area contributed by atoms with E-state index < -0.39 is 0 Å². The average molecular weight is 357 g/mol. The van der Waals surface area contributed by atoms with Crippen molar-refractivity contribution < 1.29 is 4.79 Å². The van der Waals surface area contributed by atoms with E-state index in [1.54, 1.807) is 5.56 Å². The van der Waals surface area contributed by atoms with Crippen LogP contribution in [0.4, 0.5) is 0 Å². The molecule has 2 aromatic carbocycles. The normalized spacial score (nSPS) is 32.5. The molecular formula is C26H28O. The van der Waals surface area contributed by atoms with Gasteiger partial charge in [-0.15, -0.1) is 0 Å². The van der Waals surface area contributed by atoms with E-state index in [1.807, 2.05) is 0 Å². The molecule has 1 heteroatoms. The first kappa shape index (κ1) is 16.1. The van der Waals surface area contributed by atoms with E-state index in [-0.39, 0.29) is 5.41 Å². The van der Waals surface area contributed by atoms with Crippen LogP contribution in [0.1, 0.15) is 74.0 Å². The highest BCUT2D eigenvalue weighted by molar-refractivity contribution is 5.97. The van der Waals surface area contributed by atoms with Crippen molar-refractivity contribution in [1.82, 2.24) is 0 Å². The fourth-order valence-electron chi connectivity index (χ4n) is 6.90. The van der Waals surface area contributed by atoms with Crippen LogP contribution < -0.4 is 0 Å². The fourth-order valence-corrected chi connectivity index (χ4v) is 6.90. The van der Waals surface area contributed by atoms with Gasteiger partial charge in [-0.05, 0) is 83.4 Å². The summed E-state index contributed by atoms with van der Waals surface area (Å²) in [5.74, 6) is 2.28. The Kier molecular flexibility index (Phi) is 3.46. The zero-order valence-electron chi connectivity index (χ0n) is 16.0. The van der Waals surface area contributed by atoms with Crippen molar-refractivity contribution >= 4 is 16.6 Å². The van der Waals surface area contributed by atoms with E-state index in [4.69, 9.17) is 0 Å². The predicted octanol–water partition coefficient (Wildman–Crippen LogP) is 6.24. The largest absolute Gasteiger partial charge is 0.299 e. The first-order valence-corrected chi connectivity index (χ1v) is 11.0. The quantitative estimate of drug-likeness (QED) is 0.553. The monoisotopic (exact) mass is 356 g/mol. The number of carbonyl (C=O) groups excluding carboxylic acids is 1. The van der Waals surface area contributed by atoms with Gasteiger partial charge in [0.1, 0.15) is 5.78 Å². The molecule has 2 bridgehead atoms. The van der Waals surface area contributed by atoms with E-state index in [0.717, 1.165) is 19.3 Å². The Morgan fingerprint density at radius 2 is 1.85 bits per heavy atom. The molecule has 2 aromatic rings. The molecule has 0 amide bonds. The van der Waals surface area contributed by atoms with E-state index in [9.17, 15) is 4.79 Å². The Hall–Kier alpha value is -1.89. The van der Waals surface area contributed by atoms with Gasteiger partial charge in [-0.25, -0.2) is 0 Å². The van der Waals surface area contributed by atoms with Crippen molar-refractivity contribution in [3.05, 3.63) is 59.2 Å². The van der Waals surface area contributed by atoms with Gasteiger partial charge in [0, 0.05) is 6.42 Å². The van der Waals surface area contributed by atoms with Crippen LogP contribution in [-0.4, -0.2) is 5.78 Å². The minimum atomic E-state index is -0.207. The third-order valence-electron chi connectivity index (χ3n) is 8.17. The van der Waals surface area contributed by atoms with Gasteiger partial charge in [-0.2, -0.15) is 0 Å². The van der Waals surface area contributed by atoms with Gasteiger partial charge in [-0.3, -0.25) is 4.79 Å². The minimum Gasteiger partial charge on any atom is -0.299 e. The molecule has 2 fully saturated rings. The van der Waals surface area contributed by atoms with E-state index >= 15 is 0 Å². The second-order valence-corrected chi connectivity index (χ2v) is 9.50.